The van der Waals surface area contributed by atoms with Crippen molar-refractivity contribution in [1.82, 2.24) is 5.32 Å². The topological polar surface area (TPSA) is 93.4 Å². The molecule has 0 aliphatic carbocycles. The molecule has 2 atom stereocenters. The van der Waals surface area contributed by atoms with Crippen LogP contribution in [0, 0.1) is 5.92 Å². The van der Waals surface area contributed by atoms with Gasteiger partial charge in [0.25, 0.3) is 0 Å². The largest absolute Gasteiger partial charge is 0.379 e. The molecule has 0 bridgehead atoms. The lowest BCUT2D eigenvalue weighted by molar-refractivity contribution is -0.120. The van der Waals surface area contributed by atoms with Crippen molar-refractivity contribution in [2.45, 2.75) is 13.0 Å². The van der Waals surface area contributed by atoms with Crippen LogP contribution in [0.5, 0.6) is 0 Å². The maximum absolute atomic E-state index is 12.2. The second-order valence-corrected chi connectivity index (χ2v) is 4.74. The van der Waals surface area contributed by atoms with Crippen molar-refractivity contribution >= 4 is 17.5 Å². The van der Waals surface area contributed by atoms with Crippen molar-refractivity contribution in [3.05, 3.63) is 29.8 Å². The van der Waals surface area contributed by atoms with Crippen molar-refractivity contribution in [2.24, 2.45) is 11.7 Å². The van der Waals surface area contributed by atoms with Crippen molar-refractivity contribution in [1.29, 1.82) is 0 Å². The predicted octanol–water partition coefficient (Wildman–Crippen LogP) is 0.349. The van der Waals surface area contributed by atoms with Crippen LogP contribution in [0.1, 0.15) is 17.3 Å². The number of likely N-dealkylation sites (N-methyl/N-ethyl adjacent to an activating group) is 1. The van der Waals surface area contributed by atoms with E-state index in [4.69, 9.17) is 10.5 Å². The van der Waals surface area contributed by atoms with Crippen LogP contribution in [0.4, 0.5) is 5.69 Å². The van der Waals surface area contributed by atoms with E-state index in [-0.39, 0.29) is 17.9 Å². The van der Waals surface area contributed by atoms with E-state index in [0.29, 0.717) is 24.5 Å². The molecule has 1 aliphatic heterocycles. The van der Waals surface area contributed by atoms with Crippen molar-refractivity contribution < 1.29 is 14.3 Å². The molecule has 6 heteroatoms. The minimum Gasteiger partial charge on any atom is -0.379 e. The molecule has 2 amide bonds. The molecule has 20 heavy (non-hydrogen) atoms. The molecule has 1 aromatic rings. The van der Waals surface area contributed by atoms with Gasteiger partial charge in [0.2, 0.25) is 11.8 Å². The minimum absolute atomic E-state index is 0.0272. The Bertz CT molecular complexity index is 504. The molecular formula is C14H19N3O3. The molecule has 1 fully saturated rings. The third kappa shape index (κ3) is 3.34. The molecule has 1 aromatic carbocycles. The number of amides is 2. The Balaban J connectivity index is 2.04. The number of benzene rings is 1. The Hall–Kier alpha value is -1.92. The standard InChI is InChI=1S/C14H19N3O3/c1-2-16-12-8-20-7-11(12)14(19)17-10-5-3-4-9(6-10)13(15)18/h3-6,11-12,16H,2,7-8H2,1H3,(H2,15,18)(H,17,19). The first kappa shape index (κ1) is 14.5. The number of nitrogens with two attached hydrogens (primary N) is 1. The van der Waals surface area contributed by atoms with E-state index in [9.17, 15) is 9.59 Å². The van der Waals surface area contributed by atoms with Gasteiger partial charge in [-0.1, -0.05) is 13.0 Å². The van der Waals surface area contributed by atoms with E-state index in [1.54, 1.807) is 24.3 Å². The Morgan fingerprint density at radius 2 is 2.20 bits per heavy atom. The predicted molar refractivity (Wildman–Crippen MR) is 75.4 cm³/mol. The molecule has 0 radical (unpaired) electrons. The number of hydrogen-bond acceptors (Lipinski definition) is 4. The summed E-state index contributed by atoms with van der Waals surface area (Å²) in [6.07, 6.45) is 0. The number of ether oxygens (including phenoxy) is 1. The van der Waals surface area contributed by atoms with Crippen LogP contribution in [0.25, 0.3) is 0 Å². The number of rotatable bonds is 5. The van der Waals surface area contributed by atoms with Gasteiger partial charge in [-0.15, -0.1) is 0 Å². The van der Waals surface area contributed by atoms with E-state index in [1.165, 1.54) is 0 Å². The third-order valence-corrected chi connectivity index (χ3v) is 3.30. The first-order chi connectivity index (χ1) is 9.61. The summed E-state index contributed by atoms with van der Waals surface area (Å²) in [6.45, 7) is 3.71. The highest BCUT2D eigenvalue weighted by atomic mass is 16.5. The van der Waals surface area contributed by atoms with Gasteiger partial charge in [-0.2, -0.15) is 0 Å². The lowest BCUT2D eigenvalue weighted by Gasteiger charge is -2.17. The Morgan fingerprint density at radius 3 is 2.90 bits per heavy atom. The highest BCUT2D eigenvalue weighted by Crippen LogP contribution is 2.17. The molecule has 0 saturated carbocycles. The summed E-state index contributed by atoms with van der Waals surface area (Å²) in [5.74, 6) is -0.863. The number of hydrogen-bond donors (Lipinski definition) is 3. The molecule has 108 valence electrons. The highest BCUT2D eigenvalue weighted by Gasteiger charge is 2.33. The van der Waals surface area contributed by atoms with E-state index >= 15 is 0 Å². The van der Waals surface area contributed by atoms with Crippen LogP contribution in [0.15, 0.2) is 24.3 Å². The molecule has 4 N–H and O–H groups in total. The van der Waals surface area contributed by atoms with Crippen LogP contribution < -0.4 is 16.4 Å². The first-order valence-corrected chi connectivity index (χ1v) is 6.63. The molecule has 0 aromatic heterocycles. The second-order valence-electron chi connectivity index (χ2n) is 4.74. The lowest BCUT2D eigenvalue weighted by atomic mass is 10.0. The Kier molecular flexibility index (Phi) is 4.70. The van der Waals surface area contributed by atoms with Gasteiger partial charge in [0.15, 0.2) is 0 Å². The van der Waals surface area contributed by atoms with E-state index in [1.807, 2.05) is 6.92 Å². The molecular weight excluding hydrogens is 258 g/mol. The molecule has 6 nitrogen and oxygen atoms in total. The summed E-state index contributed by atoms with van der Waals surface area (Å²) in [5, 5.41) is 6.03. The Morgan fingerprint density at radius 1 is 1.40 bits per heavy atom. The van der Waals surface area contributed by atoms with Gasteiger partial charge in [-0.3, -0.25) is 9.59 Å². The summed E-state index contributed by atoms with van der Waals surface area (Å²) in [4.78, 5) is 23.3. The summed E-state index contributed by atoms with van der Waals surface area (Å²) < 4.78 is 5.35. The fourth-order valence-electron chi connectivity index (χ4n) is 2.26. The minimum atomic E-state index is -0.518. The summed E-state index contributed by atoms with van der Waals surface area (Å²) >= 11 is 0. The van der Waals surface area contributed by atoms with Crippen molar-refractivity contribution in [3.8, 4) is 0 Å². The fourth-order valence-corrected chi connectivity index (χ4v) is 2.26. The van der Waals surface area contributed by atoms with Crippen LogP contribution in [0.2, 0.25) is 0 Å². The summed E-state index contributed by atoms with van der Waals surface area (Å²) in [7, 11) is 0. The summed E-state index contributed by atoms with van der Waals surface area (Å²) in [5.41, 5.74) is 6.15. The van der Waals surface area contributed by atoms with Gasteiger partial charge in [0, 0.05) is 17.3 Å². The monoisotopic (exact) mass is 277 g/mol. The smallest absolute Gasteiger partial charge is 0.248 e. The first-order valence-electron chi connectivity index (χ1n) is 6.63. The van der Waals surface area contributed by atoms with Crippen molar-refractivity contribution in [3.63, 3.8) is 0 Å². The molecule has 1 aliphatic rings. The SMILES string of the molecule is CCNC1COCC1C(=O)Nc1cccc(C(N)=O)c1. The van der Waals surface area contributed by atoms with Crippen LogP contribution in [-0.2, 0) is 9.53 Å². The second kappa shape index (κ2) is 6.49. The fraction of sp³-hybridized carbons (Fsp3) is 0.429. The summed E-state index contributed by atoms with van der Waals surface area (Å²) in [6, 6.07) is 6.61. The van der Waals surface area contributed by atoms with E-state index in [2.05, 4.69) is 10.6 Å². The van der Waals surface area contributed by atoms with Crippen LogP contribution in [-0.4, -0.2) is 37.6 Å². The van der Waals surface area contributed by atoms with Gasteiger partial charge in [0.1, 0.15) is 0 Å². The Labute approximate surface area is 117 Å². The number of carbonyl (C=O) groups excluding carboxylic acids is 2. The maximum atomic E-state index is 12.2. The molecule has 1 saturated heterocycles. The van der Waals surface area contributed by atoms with E-state index < -0.39 is 5.91 Å². The number of carbonyl (C=O) groups is 2. The normalized spacial score (nSPS) is 21.6. The number of nitrogens with one attached hydrogen (secondary N) is 2. The molecule has 1 heterocycles. The zero-order chi connectivity index (χ0) is 14.5. The lowest BCUT2D eigenvalue weighted by Crippen LogP contribution is -2.41. The number of anilines is 1. The average molecular weight is 277 g/mol. The quantitative estimate of drug-likeness (QED) is 0.724. The zero-order valence-electron chi connectivity index (χ0n) is 11.4. The molecule has 2 rings (SSSR count). The van der Waals surface area contributed by atoms with Crippen LogP contribution >= 0.6 is 0 Å². The van der Waals surface area contributed by atoms with E-state index in [0.717, 1.165) is 6.54 Å². The molecule has 0 spiro atoms. The van der Waals surface area contributed by atoms with Gasteiger partial charge < -0.3 is 21.1 Å². The molecule has 2 unspecified atom stereocenters. The average Bonchev–Trinajstić information content (AvgIpc) is 2.88. The number of primary amides is 1. The highest BCUT2D eigenvalue weighted by molar-refractivity contribution is 5.97. The van der Waals surface area contributed by atoms with Gasteiger partial charge in [-0.25, -0.2) is 0 Å². The van der Waals surface area contributed by atoms with Crippen LogP contribution in [0.3, 0.4) is 0 Å². The van der Waals surface area contributed by atoms with Gasteiger partial charge in [-0.05, 0) is 24.7 Å². The third-order valence-electron chi connectivity index (χ3n) is 3.30. The van der Waals surface area contributed by atoms with Gasteiger partial charge in [0.05, 0.1) is 19.1 Å². The zero-order valence-corrected chi connectivity index (χ0v) is 11.4. The van der Waals surface area contributed by atoms with Gasteiger partial charge >= 0.3 is 0 Å². The maximum Gasteiger partial charge on any atom is 0.248 e. The van der Waals surface area contributed by atoms with Crippen molar-refractivity contribution in [2.75, 3.05) is 25.1 Å².